The van der Waals surface area contributed by atoms with Crippen LogP contribution < -0.4 is 9.55 Å². The smallest absolute Gasteiger partial charge is 0.433 e. The SMILES string of the molecule is CCN(CC)c1ccc([N+](C)(O)C(=O)O)cc1. The maximum Gasteiger partial charge on any atom is 0.552 e. The molecule has 1 unspecified atom stereocenters. The number of carbonyl (C=O) groups is 1. The van der Waals surface area contributed by atoms with Crippen molar-refractivity contribution in [3.05, 3.63) is 24.3 Å². The van der Waals surface area contributed by atoms with E-state index in [1.165, 1.54) is 7.05 Å². The molecule has 0 aliphatic carbocycles. The highest BCUT2D eigenvalue weighted by atomic mass is 16.6. The van der Waals surface area contributed by atoms with E-state index in [1.807, 2.05) is 12.1 Å². The predicted molar refractivity (Wildman–Crippen MR) is 67.5 cm³/mol. The van der Waals surface area contributed by atoms with Gasteiger partial charge in [0.05, 0.1) is 0 Å². The van der Waals surface area contributed by atoms with Crippen LogP contribution >= 0.6 is 0 Å². The van der Waals surface area contributed by atoms with Crippen molar-refractivity contribution >= 4 is 17.5 Å². The fourth-order valence-electron chi connectivity index (χ4n) is 1.65. The van der Waals surface area contributed by atoms with Gasteiger partial charge in [0.2, 0.25) is 0 Å². The molecule has 2 N–H and O–H groups in total. The van der Waals surface area contributed by atoms with Gasteiger partial charge in [0.25, 0.3) is 0 Å². The first kappa shape index (κ1) is 13.5. The number of benzene rings is 1. The molecule has 0 aliphatic rings. The summed E-state index contributed by atoms with van der Waals surface area (Å²) in [5, 5.41) is 18.6. The van der Waals surface area contributed by atoms with Crippen LogP contribution in [0, 0.1) is 0 Å². The lowest BCUT2D eigenvalue weighted by atomic mass is 10.2. The molecule has 0 radical (unpaired) electrons. The first-order valence-electron chi connectivity index (χ1n) is 5.61. The van der Waals surface area contributed by atoms with Crippen molar-refractivity contribution in [1.29, 1.82) is 0 Å². The van der Waals surface area contributed by atoms with Crippen molar-refractivity contribution in [3.8, 4) is 0 Å². The Balaban J connectivity index is 2.99. The van der Waals surface area contributed by atoms with E-state index in [0.29, 0.717) is 5.69 Å². The Morgan fingerprint density at radius 1 is 1.24 bits per heavy atom. The molecule has 0 fully saturated rings. The fraction of sp³-hybridized carbons (Fsp3) is 0.417. The first-order valence-corrected chi connectivity index (χ1v) is 5.61. The Hall–Kier alpha value is -1.59. The van der Waals surface area contributed by atoms with E-state index >= 15 is 0 Å². The number of amides is 1. The molecule has 0 spiro atoms. The third-order valence-corrected chi connectivity index (χ3v) is 2.85. The topological polar surface area (TPSA) is 60.8 Å². The number of carboxylic acid groups (broad SMARTS) is 1. The molecule has 17 heavy (non-hydrogen) atoms. The lowest BCUT2D eigenvalue weighted by molar-refractivity contribution is -0.0333. The number of hydrogen-bond acceptors (Lipinski definition) is 3. The van der Waals surface area contributed by atoms with Crippen LogP contribution in [0.4, 0.5) is 16.2 Å². The summed E-state index contributed by atoms with van der Waals surface area (Å²) in [4.78, 5) is 13.0. The van der Waals surface area contributed by atoms with Crippen molar-refractivity contribution in [2.45, 2.75) is 13.8 Å². The summed E-state index contributed by atoms with van der Waals surface area (Å²) >= 11 is 0. The normalized spacial score (nSPS) is 14.1. The van der Waals surface area contributed by atoms with Crippen molar-refractivity contribution in [2.24, 2.45) is 0 Å². The van der Waals surface area contributed by atoms with E-state index in [0.717, 1.165) is 18.8 Å². The van der Waals surface area contributed by atoms with E-state index in [2.05, 4.69) is 18.7 Å². The van der Waals surface area contributed by atoms with E-state index in [1.54, 1.807) is 12.1 Å². The van der Waals surface area contributed by atoms with Gasteiger partial charge < -0.3 is 10.0 Å². The molecule has 0 aliphatic heterocycles. The summed E-state index contributed by atoms with van der Waals surface area (Å²) in [7, 11) is 1.22. The zero-order valence-corrected chi connectivity index (χ0v) is 10.4. The van der Waals surface area contributed by atoms with Crippen molar-refractivity contribution < 1.29 is 15.1 Å². The number of hydroxylamine groups is 2. The lowest BCUT2D eigenvalue weighted by Gasteiger charge is -2.22. The maximum absolute atomic E-state index is 10.9. The van der Waals surface area contributed by atoms with Crippen LogP contribution in [0.5, 0.6) is 0 Å². The van der Waals surface area contributed by atoms with E-state index in [-0.39, 0.29) is 0 Å². The molecule has 5 nitrogen and oxygen atoms in total. The molecule has 1 rings (SSSR count). The minimum absolute atomic E-state index is 0.327. The van der Waals surface area contributed by atoms with E-state index in [9.17, 15) is 10.0 Å². The van der Waals surface area contributed by atoms with Gasteiger partial charge in [-0.3, -0.25) is 0 Å². The van der Waals surface area contributed by atoms with Gasteiger partial charge in [-0.15, -0.1) is 0 Å². The monoisotopic (exact) mass is 239 g/mol. The van der Waals surface area contributed by atoms with Crippen LogP contribution in [0.3, 0.4) is 0 Å². The molecule has 1 atom stereocenters. The molecule has 0 aromatic heterocycles. The molecule has 5 heteroatoms. The second kappa shape index (κ2) is 5.16. The summed E-state index contributed by atoms with van der Waals surface area (Å²) in [5.74, 6) is 0. The lowest BCUT2D eigenvalue weighted by Crippen LogP contribution is -2.46. The van der Waals surface area contributed by atoms with Gasteiger partial charge in [0.15, 0.2) is 5.69 Å². The standard InChI is InChI=1S/C12H18N2O3/c1-4-13(5-2)10-6-8-11(9-7-10)14(3,17)12(15)16/h6-9,17H,4-5H2,1-3H3/p+1. The quantitative estimate of drug-likeness (QED) is 0.481. The summed E-state index contributed by atoms with van der Waals surface area (Å²) in [6.07, 6.45) is -1.31. The van der Waals surface area contributed by atoms with Gasteiger partial charge in [-0.2, -0.15) is 4.79 Å². The average Bonchev–Trinajstić information content (AvgIpc) is 2.31. The third-order valence-electron chi connectivity index (χ3n) is 2.85. The molecular weight excluding hydrogens is 220 g/mol. The fourth-order valence-corrected chi connectivity index (χ4v) is 1.65. The van der Waals surface area contributed by atoms with Gasteiger partial charge in [0.1, 0.15) is 7.05 Å². The first-order chi connectivity index (χ1) is 7.93. The Morgan fingerprint density at radius 3 is 2.06 bits per heavy atom. The maximum atomic E-state index is 10.9. The summed E-state index contributed by atoms with van der Waals surface area (Å²) in [6, 6.07) is 6.89. The molecule has 0 bridgehead atoms. The number of quaternary nitrogens is 1. The average molecular weight is 239 g/mol. The molecular formula is C12H19N2O3+. The molecule has 0 saturated carbocycles. The Bertz CT molecular complexity index is 383. The molecule has 1 aromatic rings. The van der Waals surface area contributed by atoms with Crippen LogP contribution in [0.15, 0.2) is 24.3 Å². The number of hydrogen-bond donors (Lipinski definition) is 2. The molecule has 1 amide bonds. The van der Waals surface area contributed by atoms with E-state index < -0.39 is 10.7 Å². The molecule has 94 valence electrons. The highest BCUT2D eigenvalue weighted by Crippen LogP contribution is 2.23. The van der Waals surface area contributed by atoms with Crippen molar-refractivity contribution in [3.63, 3.8) is 0 Å². The minimum atomic E-state index is -1.31. The van der Waals surface area contributed by atoms with Crippen LogP contribution in [0.2, 0.25) is 0 Å². The van der Waals surface area contributed by atoms with Crippen LogP contribution in [0.1, 0.15) is 13.8 Å². The largest absolute Gasteiger partial charge is 0.552 e. The van der Waals surface area contributed by atoms with Crippen LogP contribution in [-0.4, -0.2) is 36.5 Å². The van der Waals surface area contributed by atoms with Crippen LogP contribution in [0.25, 0.3) is 0 Å². The summed E-state index contributed by atoms with van der Waals surface area (Å²) < 4.78 is -1.15. The highest BCUT2D eigenvalue weighted by Gasteiger charge is 2.33. The van der Waals surface area contributed by atoms with Crippen molar-refractivity contribution in [2.75, 3.05) is 25.0 Å². The van der Waals surface area contributed by atoms with Gasteiger partial charge in [-0.05, 0) is 26.0 Å². The second-order valence-corrected chi connectivity index (χ2v) is 3.93. The third kappa shape index (κ3) is 2.75. The number of anilines is 1. The Morgan fingerprint density at radius 2 is 1.71 bits per heavy atom. The second-order valence-electron chi connectivity index (χ2n) is 3.93. The van der Waals surface area contributed by atoms with Crippen LogP contribution in [-0.2, 0) is 0 Å². The zero-order valence-electron chi connectivity index (χ0n) is 10.4. The number of nitrogens with zero attached hydrogens (tertiary/aromatic N) is 2. The summed E-state index contributed by atoms with van der Waals surface area (Å²) in [5.41, 5.74) is 1.34. The summed E-state index contributed by atoms with van der Waals surface area (Å²) in [6.45, 7) is 5.89. The van der Waals surface area contributed by atoms with Gasteiger partial charge in [0, 0.05) is 30.9 Å². The Kier molecular flexibility index (Phi) is 4.09. The van der Waals surface area contributed by atoms with Crippen molar-refractivity contribution in [1.82, 2.24) is 4.65 Å². The van der Waals surface area contributed by atoms with Gasteiger partial charge in [-0.1, -0.05) is 4.65 Å². The Labute approximate surface area is 101 Å². The number of rotatable bonds is 4. The molecule has 0 heterocycles. The van der Waals surface area contributed by atoms with Gasteiger partial charge >= 0.3 is 6.09 Å². The predicted octanol–water partition coefficient (Wildman–Crippen LogP) is 2.54. The highest BCUT2D eigenvalue weighted by molar-refractivity contribution is 5.78. The van der Waals surface area contributed by atoms with Gasteiger partial charge in [-0.25, -0.2) is 5.21 Å². The molecule has 0 saturated heterocycles. The molecule has 1 aromatic carbocycles. The zero-order chi connectivity index (χ0) is 13.1. The van der Waals surface area contributed by atoms with E-state index in [4.69, 9.17) is 5.11 Å². The minimum Gasteiger partial charge on any atom is -0.433 e.